The lowest BCUT2D eigenvalue weighted by Crippen LogP contribution is -2.24. The highest BCUT2D eigenvalue weighted by molar-refractivity contribution is 5.39. The molecule has 0 amide bonds. The average molecular weight is 210 g/mol. The van der Waals surface area contributed by atoms with Crippen LogP contribution in [0.5, 0.6) is 0 Å². The van der Waals surface area contributed by atoms with Crippen LogP contribution in [0.1, 0.15) is 52.1 Å². The number of unbranched alkanes of at least 4 members (excludes halogenated alkanes) is 1. The molecule has 1 aromatic heterocycles. The van der Waals surface area contributed by atoms with E-state index in [0.717, 1.165) is 30.8 Å². The van der Waals surface area contributed by atoms with Crippen molar-refractivity contribution in [1.29, 1.82) is 0 Å². The molecule has 0 fully saturated rings. The number of anilines is 1. The van der Waals surface area contributed by atoms with Gasteiger partial charge in [-0.2, -0.15) is 0 Å². The molecule has 1 aromatic rings. The fourth-order valence-electron chi connectivity index (χ4n) is 1.55. The van der Waals surface area contributed by atoms with Crippen LogP contribution in [0, 0.1) is 0 Å². The molecule has 86 valence electrons. The average Bonchev–Trinajstić information content (AvgIpc) is 2.41. The minimum absolute atomic E-state index is 0.0622. The lowest BCUT2D eigenvalue weighted by Gasteiger charge is -2.17. The van der Waals surface area contributed by atoms with Crippen molar-refractivity contribution < 1.29 is 0 Å². The Balaban J connectivity index is 3.02. The van der Waals surface area contributed by atoms with Crippen molar-refractivity contribution in [2.24, 2.45) is 0 Å². The number of aryl methyl sites for hydroxylation is 1. The summed E-state index contributed by atoms with van der Waals surface area (Å²) >= 11 is 0. The van der Waals surface area contributed by atoms with Gasteiger partial charge in [-0.1, -0.05) is 34.1 Å². The third-order valence-electron chi connectivity index (χ3n) is 2.46. The van der Waals surface area contributed by atoms with Crippen molar-refractivity contribution in [3.63, 3.8) is 0 Å². The number of nitrogen functional groups attached to an aromatic ring is 2. The van der Waals surface area contributed by atoms with Crippen molar-refractivity contribution in [3.8, 4) is 0 Å². The molecule has 0 saturated carbocycles. The van der Waals surface area contributed by atoms with Gasteiger partial charge in [0.1, 0.15) is 11.6 Å². The molecular weight excluding hydrogens is 188 g/mol. The molecule has 15 heavy (non-hydrogen) atoms. The molecule has 0 aliphatic heterocycles. The maximum absolute atomic E-state index is 5.92. The van der Waals surface area contributed by atoms with E-state index in [9.17, 15) is 0 Å². The molecule has 0 radical (unpaired) electrons. The summed E-state index contributed by atoms with van der Waals surface area (Å²) in [6, 6.07) is 0. The van der Waals surface area contributed by atoms with Crippen LogP contribution >= 0.6 is 0 Å². The van der Waals surface area contributed by atoms with Crippen LogP contribution in [-0.2, 0) is 11.8 Å². The molecule has 0 spiro atoms. The predicted octanol–water partition coefficient (Wildman–Crippen LogP) is 1.82. The van der Waals surface area contributed by atoms with E-state index in [1.807, 2.05) is 0 Å². The van der Waals surface area contributed by atoms with Crippen LogP contribution in [0.25, 0.3) is 0 Å². The van der Waals surface area contributed by atoms with Gasteiger partial charge in [0, 0.05) is 5.41 Å². The molecule has 4 heteroatoms. The highest BCUT2D eigenvalue weighted by Gasteiger charge is 2.23. The van der Waals surface area contributed by atoms with Crippen molar-refractivity contribution in [2.45, 2.75) is 52.4 Å². The summed E-state index contributed by atoms with van der Waals surface area (Å²) in [6.07, 6.45) is 3.15. The summed E-state index contributed by atoms with van der Waals surface area (Å²) in [5.74, 6) is 7.35. The molecule has 0 bridgehead atoms. The van der Waals surface area contributed by atoms with E-state index in [-0.39, 0.29) is 5.41 Å². The zero-order valence-corrected chi connectivity index (χ0v) is 10.2. The molecule has 4 N–H and O–H groups in total. The molecule has 4 nitrogen and oxygen atoms in total. The van der Waals surface area contributed by atoms with Crippen molar-refractivity contribution in [3.05, 3.63) is 11.5 Å². The van der Waals surface area contributed by atoms with E-state index in [1.165, 1.54) is 4.68 Å². The van der Waals surface area contributed by atoms with Crippen LogP contribution in [-0.4, -0.2) is 9.66 Å². The minimum atomic E-state index is -0.0622. The van der Waals surface area contributed by atoms with E-state index in [4.69, 9.17) is 11.6 Å². The predicted molar refractivity (Wildman–Crippen MR) is 64.1 cm³/mol. The van der Waals surface area contributed by atoms with Gasteiger partial charge in [-0.15, -0.1) is 0 Å². The summed E-state index contributed by atoms with van der Waals surface area (Å²) in [6.45, 7) is 8.41. The summed E-state index contributed by atoms with van der Waals surface area (Å²) in [4.78, 5) is 4.53. The van der Waals surface area contributed by atoms with E-state index in [1.54, 1.807) is 0 Å². The quantitative estimate of drug-likeness (QED) is 0.748. The van der Waals surface area contributed by atoms with Crippen molar-refractivity contribution in [2.75, 3.05) is 11.6 Å². The van der Waals surface area contributed by atoms with Gasteiger partial charge in [-0.05, 0) is 12.8 Å². The number of imidazole rings is 1. The monoisotopic (exact) mass is 210 g/mol. The normalized spacial score (nSPS) is 12.0. The first-order valence-corrected chi connectivity index (χ1v) is 5.50. The lowest BCUT2D eigenvalue weighted by molar-refractivity contribution is 0.530. The second-order valence-corrected chi connectivity index (χ2v) is 4.99. The number of nitrogens with two attached hydrogens (primary N) is 2. The van der Waals surface area contributed by atoms with Crippen molar-refractivity contribution >= 4 is 5.82 Å². The SMILES string of the molecule is CCCCc1nc(C(C)(C)C)n(N)c1N. The van der Waals surface area contributed by atoms with Crippen LogP contribution in [0.15, 0.2) is 0 Å². The second-order valence-electron chi connectivity index (χ2n) is 4.99. The minimum Gasteiger partial charge on any atom is -0.382 e. The van der Waals surface area contributed by atoms with Crippen LogP contribution in [0.4, 0.5) is 5.82 Å². The van der Waals surface area contributed by atoms with Gasteiger partial charge < -0.3 is 11.6 Å². The Hall–Kier alpha value is -1.19. The number of hydrogen-bond acceptors (Lipinski definition) is 3. The fourth-order valence-corrected chi connectivity index (χ4v) is 1.55. The highest BCUT2D eigenvalue weighted by Crippen LogP contribution is 2.24. The van der Waals surface area contributed by atoms with Gasteiger partial charge in [0.15, 0.2) is 0 Å². The first-order valence-electron chi connectivity index (χ1n) is 5.50. The molecule has 1 rings (SSSR count). The number of hydrogen-bond donors (Lipinski definition) is 2. The van der Waals surface area contributed by atoms with E-state index < -0.39 is 0 Å². The van der Waals surface area contributed by atoms with Crippen molar-refractivity contribution in [1.82, 2.24) is 9.66 Å². The van der Waals surface area contributed by atoms with E-state index in [2.05, 4.69) is 32.7 Å². The van der Waals surface area contributed by atoms with Gasteiger partial charge in [-0.3, -0.25) is 0 Å². The number of nitrogens with zero attached hydrogens (tertiary/aromatic N) is 2. The summed E-state index contributed by atoms with van der Waals surface area (Å²) in [5.41, 5.74) is 6.79. The van der Waals surface area contributed by atoms with Gasteiger partial charge in [0.05, 0.1) is 5.69 Å². The van der Waals surface area contributed by atoms with E-state index in [0.29, 0.717) is 5.82 Å². The van der Waals surface area contributed by atoms with Gasteiger partial charge in [0.25, 0.3) is 0 Å². The Bertz CT molecular complexity index is 333. The third kappa shape index (κ3) is 2.43. The topological polar surface area (TPSA) is 69.9 Å². The molecular formula is C11H22N4. The Morgan fingerprint density at radius 1 is 1.33 bits per heavy atom. The van der Waals surface area contributed by atoms with Gasteiger partial charge >= 0.3 is 0 Å². The largest absolute Gasteiger partial charge is 0.382 e. The third-order valence-corrected chi connectivity index (χ3v) is 2.46. The van der Waals surface area contributed by atoms with Gasteiger partial charge in [0.2, 0.25) is 0 Å². The second kappa shape index (κ2) is 4.13. The molecule has 0 atom stereocenters. The fraction of sp³-hybridized carbons (Fsp3) is 0.727. The van der Waals surface area contributed by atoms with Crippen LogP contribution < -0.4 is 11.6 Å². The first kappa shape index (κ1) is 11.9. The smallest absolute Gasteiger partial charge is 0.146 e. The standard InChI is InChI=1S/C11H22N4/c1-5-6-7-8-9(12)15(13)10(14-8)11(2,3)4/h5-7,12-13H2,1-4H3. The van der Waals surface area contributed by atoms with Crippen LogP contribution in [0.3, 0.4) is 0 Å². The Kier molecular flexibility index (Phi) is 3.27. The molecule has 1 heterocycles. The Morgan fingerprint density at radius 2 is 1.93 bits per heavy atom. The molecule has 0 saturated heterocycles. The molecule has 0 unspecified atom stereocenters. The number of aromatic nitrogens is 2. The van der Waals surface area contributed by atoms with E-state index >= 15 is 0 Å². The Morgan fingerprint density at radius 3 is 2.33 bits per heavy atom. The zero-order valence-electron chi connectivity index (χ0n) is 10.2. The van der Waals surface area contributed by atoms with Gasteiger partial charge in [-0.25, -0.2) is 9.66 Å². The summed E-state index contributed by atoms with van der Waals surface area (Å²) in [5, 5.41) is 0. The van der Waals surface area contributed by atoms with Crippen LogP contribution in [0.2, 0.25) is 0 Å². The molecule has 0 aliphatic rings. The first-order chi connectivity index (χ1) is 6.88. The summed E-state index contributed by atoms with van der Waals surface area (Å²) < 4.78 is 1.52. The molecule has 0 aliphatic carbocycles. The zero-order chi connectivity index (χ0) is 11.6. The number of rotatable bonds is 3. The summed E-state index contributed by atoms with van der Waals surface area (Å²) in [7, 11) is 0. The lowest BCUT2D eigenvalue weighted by atomic mass is 9.96. The molecule has 0 aromatic carbocycles. The highest BCUT2D eigenvalue weighted by atomic mass is 15.4. The maximum Gasteiger partial charge on any atom is 0.146 e. The Labute approximate surface area is 91.6 Å². The maximum atomic E-state index is 5.92.